The molecule has 0 bridgehead atoms. The Morgan fingerprint density at radius 3 is 2.71 bits per heavy atom. The number of carbonyl (C=O) groups is 1. The van der Waals surface area contributed by atoms with E-state index in [0.717, 1.165) is 27.6 Å². The molecule has 0 atom stereocenters. The molecule has 1 heterocycles. The van der Waals surface area contributed by atoms with Crippen LogP contribution in [0.15, 0.2) is 30.3 Å². The number of hydrogen-bond acceptors (Lipinski definition) is 4. The van der Waals surface area contributed by atoms with Gasteiger partial charge in [-0.15, -0.1) is 23.7 Å². The van der Waals surface area contributed by atoms with Crippen molar-refractivity contribution in [3.8, 4) is 10.6 Å². The van der Waals surface area contributed by atoms with Crippen molar-refractivity contribution in [1.29, 1.82) is 0 Å². The molecule has 4 nitrogen and oxygen atoms in total. The van der Waals surface area contributed by atoms with Gasteiger partial charge in [-0.05, 0) is 19.9 Å². The number of rotatable bonds is 6. The van der Waals surface area contributed by atoms with Crippen molar-refractivity contribution in [2.45, 2.75) is 26.3 Å². The van der Waals surface area contributed by atoms with Gasteiger partial charge in [0.25, 0.3) is 0 Å². The van der Waals surface area contributed by atoms with Gasteiger partial charge in [0.1, 0.15) is 5.01 Å². The molecule has 21 heavy (non-hydrogen) atoms. The summed E-state index contributed by atoms with van der Waals surface area (Å²) in [6.45, 7) is 3.06. The van der Waals surface area contributed by atoms with E-state index in [1.807, 2.05) is 37.3 Å². The molecule has 2 rings (SSSR count). The van der Waals surface area contributed by atoms with Crippen LogP contribution in [0.1, 0.15) is 23.4 Å². The molecule has 0 radical (unpaired) electrons. The monoisotopic (exact) mass is 325 g/mol. The topological polar surface area (TPSA) is 68.0 Å². The van der Waals surface area contributed by atoms with E-state index >= 15 is 0 Å². The molecule has 0 spiro atoms. The van der Waals surface area contributed by atoms with Gasteiger partial charge in [0, 0.05) is 16.9 Å². The van der Waals surface area contributed by atoms with E-state index in [9.17, 15) is 4.79 Å². The third kappa shape index (κ3) is 5.12. The van der Waals surface area contributed by atoms with Crippen molar-refractivity contribution in [3.63, 3.8) is 0 Å². The quantitative estimate of drug-likeness (QED) is 0.858. The largest absolute Gasteiger partial charge is 0.351 e. The first-order valence-electron chi connectivity index (χ1n) is 6.69. The van der Waals surface area contributed by atoms with Crippen LogP contribution in [0.2, 0.25) is 0 Å². The third-order valence-corrected chi connectivity index (χ3v) is 4.17. The van der Waals surface area contributed by atoms with Gasteiger partial charge < -0.3 is 11.1 Å². The van der Waals surface area contributed by atoms with Gasteiger partial charge in [0.15, 0.2) is 0 Å². The van der Waals surface area contributed by atoms with Crippen LogP contribution in [-0.2, 0) is 11.3 Å². The molecule has 1 aromatic carbocycles. The van der Waals surface area contributed by atoms with Crippen LogP contribution in [0.25, 0.3) is 10.6 Å². The van der Waals surface area contributed by atoms with Gasteiger partial charge in [0.2, 0.25) is 5.91 Å². The van der Waals surface area contributed by atoms with Crippen molar-refractivity contribution >= 4 is 29.7 Å². The Bertz CT molecular complexity index is 572. The lowest BCUT2D eigenvalue weighted by atomic mass is 10.2. The van der Waals surface area contributed by atoms with Crippen LogP contribution in [-0.4, -0.2) is 17.4 Å². The average molecular weight is 326 g/mol. The maximum atomic E-state index is 11.6. The SMILES string of the molecule is Cc1nc(-c2ccccc2)sc1CNC(=O)CCCN.Cl. The highest BCUT2D eigenvalue weighted by atomic mass is 35.5. The van der Waals surface area contributed by atoms with Gasteiger partial charge in [-0.2, -0.15) is 0 Å². The first kappa shape index (κ1) is 17.6. The second-order valence-electron chi connectivity index (χ2n) is 4.56. The Kier molecular flexibility index (Phi) is 7.36. The normalized spacial score (nSPS) is 10.0. The first-order chi connectivity index (χ1) is 9.70. The van der Waals surface area contributed by atoms with E-state index in [1.165, 1.54) is 0 Å². The standard InChI is InChI=1S/C15H19N3OS.ClH/c1-11-13(10-17-14(19)8-5-9-16)20-15(18-11)12-6-3-2-4-7-12;/h2-4,6-7H,5,8-10,16H2,1H3,(H,17,19);1H. The summed E-state index contributed by atoms with van der Waals surface area (Å²) in [7, 11) is 0. The maximum Gasteiger partial charge on any atom is 0.220 e. The minimum absolute atomic E-state index is 0. The smallest absolute Gasteiger partial charge is 0.220 e. The number of thiazole rings is 1. The molecule has 6 heteroatoms. The summed E-state index contributed by atoms with van der Waals surface area (Å²) >= 11 is 1.63. The molecule has 0 unspecified atom stereocenters. The molecule has 0 fully saturated rings. The highest BCUT2D eigenvalue weighted by Crippen LogP contribution is 2.27. The molecule has 3 N–H and O–H groups in total. The van der Waals surface area contributed by atoms with E-state index in [4.69, 9.17) is 5.73 Å². The summed E-state index contributed by atoms with van der Waals surface area (Å²) in [5.41, 5.74) is 7.48. The lowest BCUT2D eigenvalue weighted by Crippen LogP contribution is -2.23. The Balaban J connectivity index is 0.00000220. The van der Waals surface area contributed by atoms with Crippen molar-refractivity contribution in [3.05, 3.63) is 40.9 Å². The maximum absolute atomic E-state index is 11.6. The van der Waals surface area contributed by atoms with Gasteiger partial charge in [-0.1, -0.05) is 30.3 Å². The molecule has 0 saturated carbocycles. The summed E-state index contributed by atoms with van der Waals surface area (Å²) in [5, 5.41) is 3.91. The lowest BCUT2D eigenvalue weighted by Gasteiger charge is -2.02. The van der Waals surface area contributed by atoms with E-state index < -0.39 is 0 Å². The zero-order valence-electron chi connectivity index (χ0n) is 12.0. The first-order valence-corrected chi connectivity index (χ1v) is 7.51. The van der Waals surface area contributed by atoms with Crippen LogP contribution in [0.4, 0.5) is 0 Å². The van der Waals surface area contributed by atoms with Gasteiger partial charge in [0.05, 0.1) is 12.2 Å². The molecule has 0 aliphatic carbocycles. The van der Waals surface area contributed by atoms with Crippen LogP contribution >= 0.6 is 23.7 Å². The van der Waals surface area contributed by atoms with E-state index in [2.05, 4.69) is 10.3 Å². The highest BCUT2D eigenvalue weighted by molar-refractivity contribution is 7.15. The summed E-state index contributed by atoms with van der Waals surface area (Å²) in [4.78, 5) is 17.3. The van der Waals surface area contributed by atoms with Crippen molar-refractivity contribution in [1.82, 2.24) is 10.3 Å². The van der Waals surface area contributed by atoms with Crippen molar-refractivity contribution in [2.24, 2.45) is 5.73 Å². The van der Waals surface area contributed by atoms with E-state index in [1.54, 1.807) is 11.3 Å². The predicted octanol–water partition coefficient (Wildman–Crippen LogP) is 2.90. The van der Waals surface area contributed by atoms with Gasteiger partial charge in [-0.25, -0.2) is 4.98 Å². The number of benzene rings is 1. The van der Waals surface area contributed by atoms with E-state index in [-0.39, 0.29) is 18.3 Å². The highest BCUT2D eigenvalue weighted by Gasteiger charge is 2.10. The zero-order chi connectivity index (χ0) is 14.4. The molecule has 2 aromatic rings. The second-order valence-corrected chi connectivity index (χ2v) is 5.65. The number of aromatic nitrogens is 1. The van der Waals surface area contributed by atoms with Gasteiger partial charge >= 0.3 is 0 Å². The predicted molar refractivity (Wildman–Crippen MR) is 89.7 cm³/mol. The third-order valence-electron chi connectivity index (χ3n) is 2.97. The number of aryl methyl sites for hydroxylation is 1. The molecular formula is C15H20ClN3OS. The molecule has 0 saturated heterocycles. The van der Waals surface area contributed by atoms with Crippen LogP contribution in [0, 0.1) is 6.92 Å². The fourth-order valence-corrected chi connectivity index (χ4v) is 2.83. The molecule has 1 amide bonds. The summed E-state index contributed by atoms with van der Waals surface area (Å²) in [6.07, 6.45) is 1.21. The number of carbonyl (C=O) groups excluding carboxylic acids is 1. The van der Waals surface area contributed by atoms with Crippen LogP contribution in [0.5, 0.6) is 0 Å². The number of nitrogens with two attached hydrogens (primary N) is 1. The Hall–Kier alpha value is -1.43. The fraction of sp³-hybridized carbons (Fsp3) is 0.333. The number of halogens is 1. The number of hydrogen-bond donors (Lipinski definition) is 2. The molecule has 1 aromatic heterocycles. The molecular weight excluding hydrogens is 306 g/mol. The summed E-state index contributed by atoms with van der Waals surface area (Å²) in [6, 6.07) is 10.1. The van der Waals surface area contributed by atoms with Crippen molar-refractivity contribution in [2.75, 3.05) is 6.54 Å². The molecule has 0 aliphatic rings. The minimum Gasteiger partial charge on any atom is -0.351 e. The Morgan fingerprint density at radius 2 is 2.05 bits per heavy atom. The lowest BCUT2D eigenvalue weighted by molar-refractivity contribution is -0.121. The van der Waals surface area contributed by atoms with Gasteiger partial charge in [-0.3, -0.25) is 4.79 Å². The minimum atomic E-state index is 0. The van der Waals surface area contributed by atoms with E-state index in [0.29, 0.717) is 19.5 Å². The van der Waals surface area contributed by atoms with Crippen molar-refractivity contribution < 1.29 is 4.79 Å². The number of nitrogens with zero attached hydrogens (tertiary/aromatic N) is 1. The molecule has 0 aliphatic heterocycles. The fourth-order valence-electron chi connectivity index (χ4n) is 1.83. The Labute approximate surface area is 135 Å². The zero-order valence-corrected chi connectivity index (χ0v) is 13.6. The average Bonchev–Trinajstić information content (AvgIpc) is 2.85. The summed E-state index contributed by atoms with van der Waals surface area (Å²) in [5.74, 6) is 0.0458. The Morgan fingerprint density at radius 1 is 1.33 bits per heavy atom. The van der Waals surface area contributed by atoms with Crippen LogP contribution in [0.3, 0.4) is 0 Å². The number of amides is 1. The summed E-state index contributed by atoms with van der Waals surface area (Å²) < 4.78 is 0. The second kappa shape index (κ2) is 8.77. The molecule has 114 valence electrons. The van der Waals surface area contributed by atoms with Crippen LogP contribution < -0.4 is 11.1 Å². The number of nitrogens with one attached hydrogen (secondary N) is 1.